The van der Waals surface area contributed by atoms with Gasteiger partial charge in [-0.25, -0.2) is 0 Å². The first-order chi connectivity index (χ1) is 8.86. The summed E-state index contributed by atoms with van der Waals surface area (Å²) in [5.74, 6) is 0. The maximum Gasteiger partial charge on any atom is 0.0700 e. The van der Waals surface area contributed by atoms with Gasteiger partial charge in [-0.1, -0.05) is 6.92 Å². The maximum absolute atomic E-state index is 5.66. The molecule has 0 aromatic heterocycles. The highest BCUT2D eigenvalue weighted by molar-refractivity contribution is 4.71. The van der Waals surface area contributed by atoms with Gasteiger partial charge in [-0.2, -0.15) is 0 Å². The van der Waals surface area contributed by atoms with E-state index in [9.17, 15) is 0 Å². The highest BCUT2D eigenvalue weighted by Gasteiger charge is 2.17. The van der Waals surface area contributed by atoms with Crippen LogP contribution in [0.2, 0.25) is 0 Å². The Morgan fingerprint density at radius 3 is 2.83 bits per heavy atom. The van der Waals surface area contributed by atoms with Crippen LogP contribution in [-0.4, -0.2) is 52.2 Å². The topological polar surface area (TPSA) is 39.7 Å². The molecule has 0 saturated carbocycles. The molecule has 2 unspecified atom stereocenters. The third-order valence-electron chi connectivity index (χ3n) is 3.40. The van der Waals surface area contributed by atoms with Crippen molar-refractivity contribution in [2.24, 2.45) is 0 Å². The van der Waals surface area contributed by atoms with E-state index in [-0.39, 0.29) is 0 Å². The van der Waals surface area contributed by atoms with Gasteiger partial charge in [0.15, 0.2) is 0 Å². The lowest BCUT2D eigenvalue weighted by Gasteiger charge is -2.19. The highest BCUT2D eigenvalue weighted by atomic mass is 16.5. The molecular formula is C14H29NO3. The number of nitrogens with one attached hydrogen (secondary N) is 1. The molecule has 0 aromatic rings. The Bertz CT molecular complexity index is 184. The van der Waals surface area contributed by atoms with Crippen LogP contribution in [-0.2, 0) is 14.2 Å². The number of rotatable bonds is 11. The van der Waals surface area contributed by atoms with Gasteiger partial charge in [0.2, 0.25) is 0 Å². The van der Waals surface area contributed by atoms with Crippen molar-refractivity contribution in [2.45, 2.75) is 51.2 Å². The van der Waals surface area contributed by atoms with Crippen LogP contribution in [0.25, 0.3) is 0 Å². The second-order valence-electron chi connectivity index (χ2n) is 4.86. The van der Waals surface area contributed by atoms with E-state index in [0.717, 1.165) is 26.2 Å². The van der Waals surface area contributed by atoms with E-state index >= 15 is 0 Å². The first kappa shape index (κ1) is 15.9. The van der Waals surface area contributed by atoms with E-state index < -0.39 is 0 Å². The molecule has 1 rings (SSSR count). The zero-order valence-corrected chi connectivity index (χ0v) is 12.0. The fourth-order valence-corrected chi connectivity index (χ4v) is 2.37. The fraction of sp³-hybridized carbons (Fsp3) is 1.00. The molecule has 1 aliphatic heterocycles. The lowest BCUT2D eigenvalue weighted by molar-refractivity contribution is 0.0632. The molecule has 1 N–H and O–H groups in total. The van der Waals surface area contributed by atoms with Gasteiger partial charge in [-0.05, 0) is 38.6 Å². The summed E-state index contributed by atoms with van der Waals surface area (Å²) in [5.41, 5.74) is 0. The largest absolute Gasteiger partial charge is 0.382 e. The Hall–Kier alpha value is -0.160. The van der Waals surface area contributed by atoms with E-state index in [1.165, 1.54) is 25.7 Å². The Kier molecular flexibility index (Phi) is 9.48. The van der Waals surface area contributed by atoms with Crippen LogP contribution in [0.4, 0.5) is 0 Å². The van der Waals surface area contributed by atoms with Crippen molar-refractivity contribution < 1.29 is 14.2 Å². The monoisotopic (exact) mass is 259 g/mol. The van der Waals surface area contributed by atoms with Crippen LogP contribution in [0.3, 0.4) is 0 Å². The second-order valence-corrected chi connectivity index (χ2v) is 4.86. The van der Waals surface area contributed by atoms with Gasteiger partial charge in [0.1, 0.15) is 0 Å². The normalized spacial score (nSPS) is 21.3. The van der Waals surface area contributed by atoms with E-state index in [2.05, 4.69) is 12.2 Å². The number of hydrogen-bond donors (Lipinski definition) is 1. The predicted octanol–water partition coefficient (Wildman–Crippen LogP) is 1.98. The molecule has 108 valence electrons. The maximum atomic E-state index is 5.66. The van der Waals surface area contributed by atoms with E-state index in [1.807, 2.05) is 0 Å². The SMILES string of the molecule is CCNC(CCOCCOC)CCC1CCCO1. The minimum absolute atomic E-state index is 0.501. The van der Waals surface area contributed by atoms with Crippen molar-refractivity contribution >= 4 is 0 Å². The summed E-state index contributed by atoms with van der Waals surface area (Å²) in [6.07, 6.45) is 6.41. The lowest BCUT2D eigenvalue weighted by Crippen LogP contribution is -2.31. The number of methoxy groups -OCH3 is 1. The van der Waals surface area contributed by atoms with Gasteiger partial charge in [0, 0.05) is 26.4 Å². The zero-order valence-electron chi connectivity index (χ0n) is 12.0. The summed E-state index contributed by atoms with van der Waals surface area (Å²) < 4.78 is 16.1. The molecule has 4 heteroatoms. The van der Waals surface area contributed by atoms with Gasteiger partial charge >= 0.3 is 0 Å². The van der Waals surface area contributed by atoms with E-state index in [0.29, 0.717) is 25.4 Å². The standard InChI is InChI=1S/C14H29NO3/c1-3-15-13(8-10-17-12-11-16-2)6-7-14-5-4-9-18-14/h13-15H,3-12H2,1-2H3. The number of hydrogen-bond acceptors (Lipinski definition) is 4. The molecule has 1 fully saturated rings. The molecule has 0 spiro atoms. The Balaban J connectivity index is 2.05. The van der Waals surface area contributed by atoms with Crippen LogP contribution in [0, 0.1) is 0 Å². The van der Waals surface area contributed by atoms with Crippen molar-refractivity contribution in [3.05, 3.63) is 0 Å². The molecule has 0 aromatic carbocycles. The molecule has 0 aliphatic carbocycles. The lowest BCUT2D eigenvalue weighted by atomic mass is 10.0. The van der Waals surface area contributed by atoms with Gasteiger partial charge < -0.3 is 19.5 Å². The molecule has 0 bridgehead atoms. The quantitative estimate of drug-likeness (QED) is 0.576. The summed E-state index contributed by atoms with van der Waals surface area (Å²) in [6, 6.07) is 0.557. The first-order valence-electron chi connectivity index (χ1n) is 7.28. The van der Waals surface area contributed by atoms with E-state index in [1.54, 1.807) is 7.11 Å². The molecule has 1 saturated heterocycles. The van der Waals surface area contributed by atoms with Crippen molar-refractivity contribution in [1.29, 1.82) is 0 Å². The summed E-state index contributed by atoms with van der Waals surface area (Å²) in [6.45, 7) is 6.32. The minimum atomic E-state index is 0.501. The second kappa shape index (κ2) is 10.7. The summed E-state index contributed by atoms with van der Waals surface area (Å²) in [7, 11) is 1.70. The minimum Gasteiger partial charge on any atom is -0.382 e. The van der Waals surface area contributed by atoms with Crippen LogP contribution >= 0.6 is 0 Å². The molecule has 0 radical (unpaired) electrons. The first-order valence-corrected chi connectivity index (χ1v) is 7.28. The molecule has 18 heavy (non-hydrogen) atoms. The van der Waals surface area contributed by atoms with Crippen molar-refractivity contribution in [2.75, 3.05) is 40.1 Å². The average molecular weight is 259 g/mol. The van der Waals surface area contributed by atoms with Gasteiger partial charge in [-0.15, -0.1) is 0 Å². The Labute approximate surface area is 111 Å². The van der Waals surface area contributed by atoms with E-state index in [4.69, 9.17) is 14.2 Å². The zero-order chi connectivity index (χ0) is 13.1. The third kappa shape index (κ3) is 7.31. The van der Waals surface area contributed by atoms with Crippen molar-refractivity contribution in [3.8, 4) is 0 Å². The van der Waals surface area contributed by atoms with Crippen molar-refractivity contribution in [3.63, 3.8) is 0 Å². The predicted molar refractivity (Wildman–Crippen MR) is 73.0 cm³/mol. The van der Waals surface area contributed by atoms with Crippen molar-refractivity contribution in [1.82, 2.24) is 5.32 Å². The van der Waals surface area contributed by atoms with Crippen LogP contribution in [0.1, 0.15) is 39.0 Å². The molecule has 2 atom stereocenters. The highest BCUT2D eigenvalue weighted by Crippen LogP contribution is 2.18. The smallest absolute Gasteiger partial charge is 0.0700 e. The van der Waals surface area contributed by atoms with Gasteiger partial charge in [0.05, 0.1) is 19.3 Å². The third-order valence-corrected chi connectivity index (χ3v) is 3.40. The van der Waals surface area contributed by atoms with Gasteiger partial charge in [0.25, 0.3) is 0 Å². The molecule has 0 amide bonds. The Morgan fingerprint density at radius 2 is 2.17 bits per heavy atom. The molecular weight excluding hydrogens is 230 g/mol. The molecule has 1 heterocycles. The molecule has 1 aliphatic rings. The van der Waals surface area contributed by atoms with Crippen LogP contribution < -0.4 is 5.32 Å². The fourth-order valence-electron chi connectivity index (χ4n) is 2.37. The summed E-state index contributed by atoms with van der Waals surface area (Å²) in [5, 5.41) is 3.53. The summed E-state index contributed by atoms with van der Waals surface area (Å²) in [4.78, 5) is 0. The van der Waals surface area contributed by atoms with Crippen LogP contribution in [0.5, 0.6) is 0 Å². The number of ether oxygens (including phenoxy) is 3. The van der Waals surface area contributed by atoms with Gasteiger partial charge in [-0.3, -0.25) is 0 Å². The molecule has 4 nitrogen and oxygen atoms in total. The average Bonchev–Trinajstić information content (AvgIpc) is 2.88. The summed E-state index contributed by atoms with van der Waals surface area (Å²) >= 11 is 0. The Morgan fingerprint density at radius 1 is 1.28 bits per heavy atom. The van der Waals surface area contributed by atoms with Crippen LogP contribution in [0.15, 0.2) is 0 Å².